The molecule has 4 heteroatoms. The number of ether oxygens (including phenoxy) is 1. The molecule has 0 aromatic heterocycles. The SMILES string of the molecule is CCCN(C)CC(=O)CC(=O)OCC. The summed E-state index contributed by atoms with van der Waals surface area (Å²) in [5.41, 5.74) is 0. The fourth-order valence-corrected chi connectivity index (χ4v) is 1.19. The van der Waals surface area contributed by atoms with Gasteiger partial charge in [-0.25, -0.2) is 0 Å². The van der Waals surface area contributed by atoms with Crippen molar-refractivity contribution in [2.24, 2.45) is 0 Å². The lowest BCUT2D eigenvalue weighted by atomic mass is 10.2. The minimum atomic E-state index is -0.428. The van der Waals surface area contributed by atoms with Crippen LogP contribution in [0.15, 0.2) is 0 Å². The Balaban J connectivity index is 3.69. The zero-order chi connectivity index (χ0) is 11.0. The van der Waals surface area contributed by atoms with Crippen LogP contribution in [0.2, 0.25) is 0 Å². The molecule has 0 heterocycles. The average Bonchev–Trinajstić information content (AvgIpc) is 2.03. The number of esters is 1. The molecule has 0 aliphatic heterocycles. The second-order valence-electron chi connectivity index (χ2n) is 3.26. The zero-order valence-electron chi connectivity index (χ0n) is 9.21. The highest BCUT2D eigenvalue weighted by molar-refractivity contribution is 5.96. The maximum absolute atomic E-state index is 11.3. The standard InChI is InChI=1S/C10H19NO3/c1-4-6-11(3)8-9(12)7-10(13)14-5-2/h4-8H2,1-3H3. The smallest absolute Gasteiger partial charge is 0.313 e. The van der Waals surface area contributed by atoms with Gasteiger partial charge in [-0.2, -0.15) is 0 Å². The molecule has 0 unspecified atom stereocenters. The van der Waals surface area contributed by atoms with Crippen LogP contribution < -0.4 is 0 Å². The second-order valence-corrected chi connectivity index (χ2v) is 3.26. The molecule has 0 saturated heterocycles. The van der Waals surface area contributed by atoms with Crippen molar-refractivity contribution in [2.75, 3.05) is 26.7 Å². The Morgan fingerprint density at radius 1 is 1.29 bits per heavy atom. The molecule has 4 nitrogen and oxygen atoms in total. The van der Waals surface area contributed by atoms with E-state index in [0.717, 1.165) is 13.0 Å². The Bertz CT molecular complexity index is 192. The van der Waals surface area contributed by atoms with Gasteiger partial charge < -0.3 is 4.74 Å². The van der Waals surface area contributed by atoms with Crippen molar-refractivity contribution in [2.45, 2.75) is 26.7 Å². The van der Waals surface area contributed by atoms with Crippen molar-refractivity contribution in [1.29, 1.82) is 0 Å². The van der Waals surface area contributed by atoms with Crippen LogP contribution >= 0.6 is 0 Å². The largest absolute Gasteiger partial charge is 0.466 e. The molecule has 14 heavy (non-hydrogen) atoms. The first-order chi connectivity index (χ1) is 6.60. The number of carbonyl (C=O) groups excluding carboxylic acids is 2. The van der Waals surface area contributed by atoms with Crippen LogP contribution in [-0.2, 0) is 14.3 Å². The van der Waals surface area contributed by atoms with E-state index in [-0.39, 0.29) is 12.2 Å². The van der Waals surface area contributed by atoms with Gasteiger partial charge in [0.1, 0.15) is 6.42 Å². The molecule has 0 aliphatic carbocycles. The third-order valence-corrected chi connectivity index (χ3v) is 1.70. The number of carbonyl (C=O) groups is 2. The van der Waals surface area contributed by atoms with Gasteiger partial charge in [0.15, 0.2) is 5.78 Å². The van der Waals surface area contributed by atoms with Gasteiger partial charge >= 0.3 is 5.97 Å². The van der Waals surface area contributed by atoms with E-state index in [1.807, 2.05) is 18.9 Å². The molecule has 0 N–H and O–H groups in total. The van der Waals surface area contributed by atoms with E-state index in [1.54, 1.807) is 6.92 Å². The van der Waals surface area contributed by atoms with Crippen LogP contribution in [0, 0.1) is 0 Å². The van der Waals surface area contributed by atoms with Crippen LogP contribution in [0.4, 0.5) is 0 Å². The van der Waals surface area contributed by atoms with Gasteiger partial charge in [-0.05, 0) is 26.9 Å². The Morgan fingerprint density at radius 3 is 2.43 bits per heavy atom. The van der Waals surface area contributed by atoms with Gasteiger partial charge in [-0.1, -0.05) is 6.92 Å². The van der Waals surface area contributed by atoms with E-state index in [0.29, 0.717) is 13.2 Å². The molecule has 0 bridgehead atoms. The Kier molecular flexibility index (Phi) is 7.02. The number of Topliss-reactive ketones (excluding diaryl/α,β-unsaturated/α-hetero) is 1. The molecule has 0 saturated carbocycles. The first-order valence-corrected chi connectivity index (χ1v) is 4.96. The highest BCUT2D eigenvalue weighted by Gasteiger charge is 2.11. The van der Waals surface area contributed by atoms with Crippen molar-refractivity contribution in [1.82, 2.24) is 4.90 Å². The molecule has 82 valence electrons. The van der Waals surface area contributed by atoms with Crippen LogP contribution in [0.5, 0.6) is 0 Å². The maximum Gasteiger partial charge on any atom is 0.313 e. The minimum absolute atomic E-state index is 0.0839. The molecule has 0 rings (SSSR count). The van der Waals surface area contributed by atoms with Crippen LogP contribution in [0.1, 0.15) is 26.7 Å². The van der Waals surface area contributed by atoms with Gasteiger partial charge in [0.2, 0.25) is 0 Å². The Hall–Kier alpha value is -0.900. The number of ketones is 1. The molecule has 0 aliphatic rings. The van der Waals surface area contributed by atoms with Crippen molar-refractivity contribution < 1.29 is 14.3 Å². The number of hydrogen-bond donors (Lipinski definition) is 0. The van der Waals surface area contributed by atoms with Crippen molar-refractivity contribution in [3.63, 3.8) is 0 Å². The van der Waals surface area contributed by atoms with E-state index in [1.165, 1.54) is 0 Å². The van der Waals surface area contributed by atoms with E-state index in [9.17, 15) is 9.59 Å². The molecule has 0 amide bonds. The quantitative estimate of drug-likeness (QED) is 0.452. The predicted molar refractivity (Wildman–Crippen MR) is 54.0 cm³/mol. The number of rotatable bonds is 7. The molecule has 0 atom stereocenters. The lowest BCUT2D eigenvalue weighted by molar-refractivity contribution is -0.145. The highest BCUT2D eigenvalue weighted by Crippen LogP contribution is 1.93. The van der Waals surface area contributed by atoms with Crippen molar-refractivity contribution >= 4 is 11.8 Å². The number of likely N-dealkylation sites (N-methyl/N-ethyl adjacent to an activating group) is 1. The molecule has 0 radical (unpaired) electrons. The summed E-state index contributed by atoms with van der Waals surface area (Å²) in [5.74, 6) is -0.512. The summed E-state index contributed by atoms with van der Waals surface area (Å²) in [5, 5.41) is 0. The summed E-state index contributed by atoms with van der Waals surface area (Å²) in [4.78, 5) is 24.1. The monoisotopic (exact) mass is 201 g/mol. The van der Waals surface area contributed by atoms with E-state index >= 15 is 0 Å². The molecule has 0 aromatic rings. The first-order valence-electron chi connectivity index (χ1n) is 4.96. The van der Waals surface area contributed by atoms with Crippen molar-refractivity contribution in [3.8, 4) is 0 Å². The van der Waals surface area contributed by atoms with Crippen LogP contribution in [0.3, 0.4) is 0 Å². The van der Waals surface area contributed by atoms with E-state index in [2.05, 4.69) is 4.74 Å². The molecular formula is C10H19NO3. The maximum atomic E-state index is 11.3. The summed E-state index contributed by atoms with van der Waals surface area (Å²) in [6.45, 7) is 5.30. The highest BCUT2D eigenvalue weighted by atomic mass is 16.5. The summed E-state index contributed by atoms with van der Waals surface area (Å²) in [6, 6.07) is 0. The average molecular weight is 201 g/mol. The molecule has 0 fully saturated rings. The zero-order valence-corrected chi connectivity index (χ0v) is 9.21. The fraction of sp³-hybridized carbons (Fsp3) is 0.800. The van der Waals surface area contributed by atoms with Crippen LogP contribution in [-0.4, -0.2) is 43.4 Å². The predicted octanol–water partition coefficient (Wildman–Crippen LogP) is 0.851. The van der Waals surface area contributed by atoms with Gasteiger partial charge in [-0.3, -0.25) is 14.5 Å². The topological polar surface area (TPSA) is 46.6 Å². The van der Waals surface area contributed by atoms with Gasteiger partial charge in [-0.15, -0.1) is 0 Å². The molecule has 0 aromatic carbocycles. The molecule has 0 spiro atoms. The third-order valence-electron chi connectivity index (χ3n) is 1.70. The van der Waals surface area contributed by atoms with E-state index < -0.39 is 5.97 Å². The van der Waals surface area contributed by atoms with Gasteiger partial charge in [0.25, 0.3) is 0 Å². The van der Waals surface area contributed by atoms with Gasteiger partial charge in [0, 0.05) is 0 Å². The summed E-state index contributed by atoms with van der Waals surface area (Å²) in [6.07, 6.45) is 0.894. The third kappa shape index (κ3) is 6.60. The van der Waals surface area contributed by atoms with Gasteiger partial charge in [0.05, 0.1) is 13.2 Å². The summed E-state index contributed by atoms with van der Waals surface area (Å²) >= 11 is 0. The Morgan fingerprint density at radius 2 is 1.93 bits per heavy atom. The second kappa shape index (κ2) is 7.50. The van der Waals surface area contributed by atoms with Crippen LogP contribution in [0.25, 0.3) is 0 Å². The number of hydrogen-bond acceptors (Lipinski definition) is 4. The fourth-order valence-electron chi connectivity index (χ4n) is 1.19. The molecular weight excluding hydrogens is 182 g/mol. The Labute approximate surface area is 85.2 Å². The summed E-state index contributed by atoms with van der Waals surface area (Å²) in [7, 11) is 1.87. The normalized spacial score (nSPS) is 10.3. The summed E-state index contributed by atoms with van der Waals surface area (Å²) < 4.78 is 4.68. The number of nitrogens with zero attached hydrogens (tertiary/aromatic N) is 1. The lowest BCUT2D eigenvalue weighted by Gasteiger charge is -2.13. The van der Waals surface area contributed by atoms with E-state index in [4.69, 9.17) is 0 Å². The minimum Gasteiger partial charge on any atom is -0.466 e. The first kappa shape index (κ1) is 13.1. The van der Waals surface area contributed by atoms with Crippen molar-refractivity contribution in [3.05, 3.63) is 0 Å². The lowest BCUT2D eigenvalue weighted by Crippen LogP contribution is -2.28.